The first-order valence-corrected chi connectivity index (χ1v) is 8.45. The molecule has 2 aliphatic heterocycles. The highest BCUT2D eigenvalue weighted by molar-refractivity contribution is 6.30. The molecule has 0 aromatic heterocycles. The summed E-state index contributed by atoms with van der Waals surface area (Å²) in [5.74, 6) is -0.776. The summed E-state index contributed by atoms with van der Waals surface area (Å²) in [6.07, 6.45) is 0. The lowest BCUT2D eigenvalue weighted by Crippen LogP contribution is -2.14. The summed E-state index contributed by atoms with van der Waals surface area (Å²) >= 11 is 6.20. The number of nitrogens with zero attached hydrogens (tertiary/aromatic N) is 1. The molecule has 4 rings (SSSR count). The standard InChI is InChI=1S/C17H16ClNO.C2H2O4/c1-19-9-14-12-4-2-3-5-16(12)20-17-7-6-11(18)8-13(17)15(14)10-19;3-1(4)2(5)6/h2-8,14-15H,9-10H2,1H3;(H,3,4)(H,5,6)/t14-,15-;/m0./s1. The number of hydrogen-bond donors (Lipinski definition) is 2. The molecule has 2 aliphatic rings. The summed E-state index contributed by atoms with van der Waals surface area (Å²) < 4.78 is 6.15. The van der Waals surface area contributed by atoms with Crippen LogP contribution in [0.1, 0.15) is 23.0 Å². The number of fused-ring (bicyclic) bond motifs is 5. The molecule has 0 aliphatic carbocycles. The molecule has 2 atom stereocenters. The lowest BCUT2D eigenvalue weighted by molar-refractivity contribution is -0.159. The zero-order valence-corrected chi connectivity index (χ0v) is 14.8. The molecule has 0 saturated carbocycles. The largest absolute Gasteiger partial charge is 0.473 e. The Hall–Kier alpha value is -2.57. The fraction of sp³-hybridized carbons (Fsp3) is 0.263. The Morgan fingerprint density at radius 3 is 2.23 bits per heavy atom. The molecule has 0 unspecified atom stereocenters. The molecule has 0 amide bonds. The van der Waals surface area contributed by atoms with Crippen LogP contribution < -0.4 is 4.74 Å². The summed E-state index contributed by atoms with van der Waals surface area (Å²) in [5, 5.41) is 15.6. The molecule has 0 radical (unpaired) electrons. The van der Waals surface area contributed by atoms with Gasteiger partial charge in [-0.3, -0.25) is 0 Å². The third kappa shape index (κ3) is 3.66. The molecule has 0 spiro atoms. The Bertz CT molecular complexity index is 842. The number of benzene rings is 2. The molecule has 2 N–H and O–H groups in total. The molecular weight excluding hydrogens is 358 g/mol. The summed E-state index contributed by atoms with van der Waals surface area (Å²) in [5.41, 5.74) is 2.55. The van der Waals surface area contributed by atoms with Gasteiger partial charge in [-0.25, -0.2) is 9.59 Å². The van der Waals surface area contributed by atoms with Crippen molar-refractivity contribution in [3.8, 4) is 11.5 Å². The normalized spacial score (nSPS) is 20.4. The quantitative estimate of drug-likeness (QED) is 0.686. The van der Waals surface area contributed by atoms with E-state index in [9.17, 15) is 0 Å². The van der Waals surface area contributed by atoms with Crippen LogP contribution >= 0.6 is 11.6 Å². The van der Waals surface area contributed by atoms with E-state index in [1.165, 1.54) is 11.1 Å². The predicted molar refractivity (Wildman–Crippen MR) is 96.2 cm³/mol. The number of carboxylic acids is 2. The van der Waals surface area contributed by atoms with Crippen LogP contribution in [0.2, 0.25) is 5.02 Å². The molecule has 1 saturated heterocycles. The van der Waals surface area contributed by atoms with Gasteiger partial charge in [0.15, 0.2) is 0 Å². The van der Waals surface area contributed by atoms with Crippen LogP contribution in [0.3, 0.4) is 0 Å². The highest BCUT2D eigenvalue weighted by atomic mass is 35.5. The van der Waals surface area contributed by atoms with E-state index in [0.717, 1.165) is 29.6 Å². The van der Waals surface area contributed by atoms with Gasteiger partial charge in [-0.15, -0.1) is 0 Å². The van der Waals surface area contributed by atoms with Gasteiger partial charge in [0.2, 0.25) is 0 Å². The highest BCUT2D eigenvalue weighted by Crippen LogP contribution is 2.49. The summed E-state index contributed by atoms with van der Waals surface area (Å²) in [7, 11) is 2.18. The zero-order valence-electron chi connectivity index (χ0n) is 14.1. The van der Waals surface area contributed by atoms with E-state index in [1.54, 1.807) is 0 Å². The molecule has 7 heteroatoms. The first-order valence-electron chi connectivity index (χ1n) is 8.07. The molecule has 6 nitrogen and oxygen atoms in total. The van der Waals surface area contributed by atoms with Crippen molar-refractivity contribution < 1.29 is 24.5 Å². The van der Waals surface area contributed by atoms with Crippen molar-refractivity contribution >= 4 is 23.5 Å². The minimum Gasteiger partial charge on any atom is -0.473 e. The van der Waals surface area contributed by atoms with E-state index < -0.39 is 11.9 Å². The van der Waals surface area contributed by atoms with Crippen LogP contribution in [0.15, 0.2) is 42.5 Å². The first kappa shape index (κ1) is 18.2. The minimum atomic E-state index is -1.82. The Morgan fingerprint density at radius 2 is 1.58 bits per heavy atom. The summed E-state index contributed by atoms with van der Waals surface area (Å²) in [6.45, 7) is 2.12. The lowest BCUT2D eigenvalue weighted by atomic mass is 9.84. The molecule has 0 bridgehead atoms. The van der Waals surface area contributed by atoms with Gasteiger partial charge < -0.3 is 19.8 Å². The average molecular weight is 376 g/mol. The first-order chi connectivity index (χ1) is 12.4. The monoisotopic (exact) mass is 375 g/mol. The van der Waals surface area contributed by atoms with E-state index in [0.29, 0.717) is 11.8 Å². The fourth-order valence-corrected chi connectivity index (χ4v) is 3.71. The van der Waals surface area contributed by atoms with Gasteiger partial charge in [-0.1, -0.05) is 29.8 Å². The van der Waals surface area contributed by atoms with Gasteiger partial charge in [-0.05, 0) is 36.9 Å². The Kier molecular flexibility index (Phi) is 5.15. The van der Waals surface area contributed by atoms with Crippen molar-refractivity contribution in [1.29, 1.82) is 0 Å². The van der Waals surface area contributed by atoms with Gasteiger partial charge in [0, 0.05) is 35.5 Å². The molecule has 136 valence electrons. The van der Waals surface area contributed by atoms with E-state index in [1.807, 2.05) is 18.2 Å². The maximum Gasteiger partial charge on any atom is 0.414 e. The number of likely N-dealkylation sites (N-methyl/N-ethyl adjacent to an activating group) is 1. The number of hydrogen-bond acceptors (Lipinski definition) is 4. The zero-order chi connectivity index (χ0) is 18.8. The van der Waals surface area contributed by atoms with Gasteiger partial charge in [-0.2, -0.15) is 0 Å². The number of carbonyl (C=O) groups is 2. The second kappa shape index (κ2) is 7.35. The molecule has 2 heterocycles. The van der Waals surface area contributed by atoms with Crippen LogP contribution in [-0.2, 0) is 9.59 Å². The van der Waals surface area contributed by atoms with Crippen molar-refractivity contribution in [2.75, 3.05) is 20.1 Å². The van der Waals surface area contributed by atoms with E-state index in [-0.39, 0.29) is 0 Å². The molecule has 1 fully saturated rings. The van der Waals surface area contributed by atoms with Gasteiger partial charge in [0.05, 0.1) is 0 Å². The maximum atomic E-state index is 9.10. The van der Waals surface area contributed by atoms with Crippen LogP contribution in [0, 0.1) is 0 Å². The Balaban J connectivity index is 0.000000286. The second-order valence-corrected chi connectivity index (χ2v) is 6.80. The summed E-state index contributed by atoms with van der Waals surface area (Å²) in [6, 6.07) is 14.4. The lowest BCUT2D eigenvalue weighted by Gasteiger charge is -2.17. The summed E-state index contributed by atoms with van der Waals surface area (Å²) in [4.78, 5) is 20.6. The Labute approximate surface area is 155 Å². The van der Waals surface area contributed by atoms with Crippen molar-refractivity contribution in [2.24, 2.45) is 0 Å². The number of para-hydroxylation sites is 1. The number of carboxylic acid groups (broad SMARTS) is 2. The van der Waals surface area contributed by atoms with E-state index in [2.05, 4.69) is 36.2 Å². The van der Waals surface area contributed by atoms with Gasteiger partial charge >= 0.3 is 11.9 Å². The highest BCUT2D eigenvalue weighted by Gasteiger charge is 2.38. The second-order valence-electron chi connectivity index (χ2n) is 6.37. The minimum absolute atomic E-state index is 0.456. The molecule has 26 heavy (non-hydrogen) atoms. The van der Waals surface area contributed by atoms with Crippen LogP contribution in [0.4, 0.5) is 0 Å². The Morgan fingerprint density at radius 1 is 1.00 bits per heavy atom. The number of likely N-dealkylation sites (tertiary alicyclic amines) is 1. The fourth-order valence-electron chi connectivity index (χ4n) is 3.53. The third-order valence-electron chi connectivity index (χ3n) is 4.60. The van der Waals surface area contributed by atoms with E-state index >= 15 is 0 Å². The third-order valence-corrected chi connectivity index (χ3v) is 4.83. The number of rotatable bonds is 0. The van der Waals surface area contributed by atoms with Crippen LogP contribution in [0.5, 0.6) is 11.5 Å². The van der Waals surface area contributed by atoms with Gasteiger partial charge in [0.25, 0.3) is 0 Å². The topological polar surface area (TPSA) is 87.1 Å². The number of halogens is 1. The smallest absolute Gasteiger partial charge is 0.414 e. The molecule has 2 aromatic carbocycles. The van der Waals surface area contributed by atoms with Crippen molar-refractivity contribution in [1.82, 2.24) is 4.90 Å². The number of ether oxygens (including phenoxy) is 1. The van der Waals surface area contributed by atoms with Crippen molar-refractivity contribution in [3.63, 3.8) is 0 Å². The van der Waals surface area contributed by atoms with Gasteiger partial charge in [0.1, 0.15) is 11.5 Å². The van der Waals surface area contributed by atoms with Crippen molar-refractivity contribution in [3.05, 3.63) is 58.6 Å². The number of aliphatic carboxylic acids is 2. The molecular formula is C19H18ClNO5. The maximum absolute atomic E-state index is 9.10. The molecule has 2 aromatic rings. The predicted octanol–water partition coefficient (Wildman–Crippen LogP) is 3.41. The van der Waals surface area contributed by atoms with E-state index in [4.69, 9.17) is 36.1 Å². The van der Waals surface area contributed by atoms with Crippen LogP contribution in [-0.4, -0.2) is 47.2 Å². The SMILES string of the molecule is CN1C[C@H]2c3ccccc3Oc3ccc(Cl)cc3[C@@H]2C1.O=C(O)C(=O)O. The van der Waals surface area contributed by atoms with Crippen LogP contribution in [0.25, 0.3) is 0 Å². The van der Waals surface area contributed by atoms with Crippen molar-refractivity contribution in [2.45, 2.75) is 11.8 Å². The average Bonchev–Trinajstić information content (AvgIpc) is 2.93.